The molecule has 14 heteroatoms. The molecule has 2 aromatic heterocycles. The van der Waals surface area contributed by atoms with E-state index >= 15 is 4.39 Å². The second-order valence-electron chi connectivity index (χ2n) is 23.1. The largest absolute Gasteiger partial charge is 0.486 e. The maximum absolute atomic E-state index is 15.9. The van der Waals surface area contributed by atoms with Gasteiger partial charge in [0.1, 0.15) is 25.8 Å². The Morgan fingerprint density at radius 1 is 0.792 bits per heavy atom. The second kappa shape index (κ2) is 26.3. The average Bonchev–Trinajstić information content (AvgIpc) is 4.02. The molecule has 0 spiro atoms. The maximum Gasteiger partial charge on any atom is 0.240 e. The van der Waals surface area contributed by atoms with Crippen LogP contribution in [0.1, 0.15) is 120 Å². The van der Waals surface area contributed by atoms with Gasteiger partial charge in [-0.25, -0.2) is 14.1 Å². The number of aliphatic hydroxyl groups excluding tert-OH is 1. The predicted molar refractivity (Wildman–Crippen MR) is 296 cm³/mol. The van der Waals surface area contributed by atoms with Gasteiger partial charge in [-0.2, -0.15) is 5.10 Å². The Morgan fingerprint density at radius 2 is 1.43 bits per heavy atom. The summed E-state index contributed by atoms with van der Waals surface area (Å²) in [6.45, 7) is 22.6. The number of aromatic nitrogens is 4. The predicted octanol–water partition coefficient (Wildman–Crippen LogP) is 13.5. The number of hydrogen-bond acceptors (Lipinski definition) is 8. The van der Waals surface area contributed by atoms with E-state index in [9.17, 15) is 9.90 Å². The van der Waals surface area contributed by atoms with Gasteiger partial charge in [-0.15, -0.1) is 0 Å². The van der Waals surface area contributed by atoms with E-state index in [-0.39, 0.29) is 31.0 Å². The summed E-state index contributed by atoms with van der Waals surface area (Å²) in [5.74, 6) is 0.693. The molecule has 1 saturated heterocycles. The number of aliphatic hydroxyl groups is 1. The van der Waals surface area contributed by atoms with Crippen LogP contribution < -0.4 is 4.74 Å². The van der Waals surface area contributed by atoms with Crippen molar-refractivity contribution in [2.24, 2.45) is 0 Å². The van der Waals surface area contributed by atoms with Crippen LogP contribution in [-0.2, 0) is 53.8 Å². The minimum Gasteiger partial charge on any atom is -0.486 e. The van der Waals surface area contributed by atoms with Gasteiger partial charge in [0, 0.05) is 60.9 Å². The number of halogens is 1. The molecule has 394 valence electrons. The number of rotatable bonds is 31. The van der Waals surface area contributed by atoms with Crippen molar-refractivity contribution in [3.8, 4) is 28.4 Å². The molecule has 5 aromatic rings. The van der Waals surface area contributed by atoms with Crippen LogP contribution in [0, 0.1) is 5.82 Å². The zero-order valence-electron chi connectivity index (χ0n) is 45.2. The number of benzene rings is 3. The first-order chi connectivity index (χ1) is 34.6. The Kier molecular flexibility index (Phi) is 20.3. The van der Waals surface area contributed by atoms with E-state index in [0.29, 0.717) is 52.5 Å². The van der Waals surface area contributed by atoms with E-state index in [1.165, 1.54) is 64.2 Å². The molecule has 2 aliphatic heterocycles. The molecule has 2 aliphatic rings. The van der Waals surface area contributed by atoms with Gasteiger partial charge in [0.15, 0.2) is 17.4 Å². The summed E-state index contributed by atoms with van der Waals surface area (Å²) in [4.78, 5) is 23.8. The molecular weight excluding hydrogens is 936 g/mol. The lowest BCUT2D eigenvalue weighted by atomic mass is 9.96. The number of likely N-dealkylation sites (tertiary alicyclic amines) is 1. The number of β-amino-alcohol motifs (C(OH)–C–C–N with tert-alkyl or cyclic N) is 1. The standard InChI is InChI=1S/C58H87FN6O5Si2/c1-9-11-12-13-14-15-16-17-18-19-20-24-27-52(58(67)63-37-47(66)38-63)62-39-51-54(40-62)64(42-68-30-32-71(3,4)5)57(60-51)56-48-29-28-46(34-53(48)65(61-56)43-69-31-33-72(6,7)8)49-36-50(59)55(35-45(49)10-2)70-41-44-25-22-21-23-26-44/h21-23,25-26,28-29,34-36,47,52,66H,9-20,24,27,30-33,37-43H2,1-8H3. The number of amides is 1. The monoisotopic (exact) mass is 1020 g/mol. The molecule has 1 atom stereocenters. The van der Waals surface area contributed by atoms with Gasteiger partial charge in [-0.05, 0) is 71.4 Å². The normalized spacial score (nSPS) is 14.9. The van der Waals surface area contributed by atoms with Crippen LogP contribution in [0.15, 0.2) is 60.7 Å². The lowest BCUT2D eigenvalue weighted by Gasteiger charge is -2.40. The third-order valence-corrected chi connectivity index (χ3v) is 18.0. The van der Waals surface area contributed by atoms with Crippen molar-refractivity contribution >= 4 is 33.0 Å². The highest BCUT2D eigenvalue weighted by Gasteiger charge is 2.40. The molecule has 1 N–H and O–H groups in total. The Labute approximate surface area is 432 Å². The number of carbonyl (C=O) groups excluding carboxylic acids is 1. The number of ether oxygens (including phenoxy) is 3. The van der Waals surface area contributed by atoms with Crippen LogP contribution in [0.2, 0.25) is 51.4 Å². The fourth-order valence-electron chi connectivity index (χ4n) is 9.98. The first-order valence-electron chi connectivity index (χ1n) is 27.6. The summed E-state index contributed by atoms with van der Waals surface area (Å²) in [6.07, 6.45) is 16.3. The molecule has 0 saturated carbocycles. The number of nitrogens with zero attached hydrogens (tertiary/aromatic N) is 6. The number of aryl methyl sites for hydroxylation is 1. The van der Waals surface area contributed by atoms with E-state index in [0.717, 1.165) is 87.4 Å². The topological polar surface area (TPSA) is 107 Å². The lowest BCUT2D eigenvalue weighted by Crippen LogP contribution is -2.58. The average molecular weight is 1020 g/mol. The minimum atomic E-state index is -1.37. The van der Waals surface area contributed by atoms with Crippen molar-refractivity contribution in [2.45, 2.75) is 200 Å². The Hall–Kier alpha value is -4.19. The highest BCUT2D eigenvalue weighted by Crippen LogP contribution is 2.38. The van der Waals surface area contributed by atoms with E-state index in [2.05, 4.69) is 80.8 Å². The number of imidazole rings is 1. The highest BCUT2D eigenvalue weighted by molar-refractivity contribution is 6.76. The van der Waals surface area contributed by atoms with Crippen LogP contribution in [0.3, 0.4) is 0 Å². The fourth-order valence-corrected chi connectivity index (χ4v) is 11.5. The summed E-state index contributed by atoms with van der Waals surface area (Å²) in [6, 6.07) is 21.3. The zero-order chi connectivity index (χ0) is 51.3. The van der Waals surface area contributed by atoms with Crippen LogP contribution in [0.25, 0.3) is 33.5 Å². The van der Waals surface area contributed by atoms with E-state index in [4.69, 9.17) is 24.3 Å². The summed E-state index contributed by atoms with van der Waals surface area (Å²) in [5, 5.41) is 16.4. The molecular formula is C58H87FN6O5Si2. The zero-order valence-corrected chi connectivity index (χ0v) is 47.2. The van der Waals surface area contributed by atoms with Gasteiger partial charge in [0.05, 0.1) is 29.1 Å². The lowest BCUT2D eigenvalue weighted by molar-refractivity contribution is -0.147. The maximum atomic E-state index is 15.9. The molecule has 11 nitrogen and oxygen atoms in total. The van der Waals surface area contributed by atoms with Crippen molar-refractivity contribution < 1.29 is 28.5 Å². The van der Waals surface area contributed by atoms with Gasteiger partial charge < -0.3 is 28.8 Å². The van der Waals surface area contributed by atoms with Crippen molar-refractivity contribution in [3.63, 3.8) is 0 Å². The summed E-state index contributed by atoms with van der Waals surface area (Å²) < 4.78 is 39.0. The highest BCUT2D eigenvalue weighted by atomic mass is 28.3. The summed E-state index contributed by atoms with van der Waals surface area (Å²) in [5.41, 5.74) is 7.29. The number of carbonyl (C=O) groups is 1. The molecule has 0 aliphatic carbocycles. The minimum absolute atomic E-state index is 0.113. The number of hydrogen-bond donors (Lipinski definition) is 1. The van der Waals surface area contributed by atoms with Gasteiger partial charge in [-0.3, -0.25) is 9.69 Å². The third-order valence-electron chi connectivity index (χ3n) is 14.6. The van der Waals surface area contributed by atoms with Crippen molar-refractivity contribution in [1.82, 2.24) is 29.1 Å². The Bertz CT molecular complexity index is 2490. The van der Waals surface area contributed by atoms with Gasteiger partial charge in [0.2, 0.25) is 5.91 Å². The number of fused-ring (bicyclic) bond motifs is 2. The molecule has 1 unspecified atom stereocenters. The van der Waals surface area contributed by atoms with Gasteiger partial charge in [0.25, 0.3) is 0 Å². The van der Waals surface area contributed by atoms with E-state index in [1.807, 2.05) is 46.0 Å². The SMILES string of the molecule is CCCCCCCCCCCCCCC(C(=O)N1CC(O)C1)N1Cc2nc(-c3nn(COCC[Si](C)(C)C)c4cc(-c5cc(F)c(OCc6ccccc6)cc5CC)ccc34)n(COCC[Si](C)(C)C)c2C1. The van der Waals surface area contributed by atoms with Crippen molar-refractivity contribution in [2.75, 3.05) is 26.3 Å². The third kappa shape index (κ3) is 15.4. The Balaban J connectivity index is 1.15. The quantitative estimate of drug-likeness (QED) is 0.0346. The molecule has 0 bridgehead atoms. The fraction of sp³-hybridized carbons (Fsp3) is 0.603. The molecule has 72 heavy (non-hydrogen) atoms. The number of unbranched alkanes of at least 4 members (excludes halogenated alkanes) is 11. The van der Waals surface area contributed by atoms with Crippen LogP contribution >= 0.6 is 0 Å². The molecule has 7 rings (SSSR count). The summed E-state index contributed by atoms with van der Waals surface area (Å²) >= 11 is 0. The van der Waals surface area contributed by atoms with Crippen LogP contribution in [-0.4, -0.2) is 94.7 Å². The Morgan fingerprint density at radius 3 is 2.06 bits per heavy atom. The van der Waals surface area contributed by atoms with E-state index in [1.54, 1.807) is 6.07 Å². The van der Waals surface area contributed by atoms with Crippen LogP contribution in [0.5, 0.6) is 5.75 Å². The molecule has 0 radical (unpaired) electrons. The van der Waals surface area contributed by atoms with E-state index < -0.39 is 28.1 Å². The second-order valence-corrected chi connectivity index (χ2v) is 34.3. The van der Waals surface area contributed by atoms with Gasteiger partial charge in [-0.1, -0.05) is 167 Å². The first kappa shape index (κ1) is 55.6. The summed E-state index contributed by atoms with van der Waals surface area (Å²) in [7, 11) is -2.71. The first-order valence-corrected chi connectivity index (χ1v) is 35.0. The van der Waals surface area contributed by atoms with Gasteiger partial charge >= 0.3 is 0 Å². The molecule has 1 amide bonds. The van der Waals surface area contributed by atoms with Crippen LogP contribution in [0.4, 0.5) is 4.39 Å². The molecule has 1 fully saturated rings. The van der Waals surface area contributed by atoms with Crippen molar-refractivity contribution in [1.29, 1.82) is 0 Å². The smallest absolute Gasteiger partial charge is 0.240 e. The molecule has 3 aromatic carbocycles. The molecule has 4 heterocycles. The van der Waals surface area contributed by atoms with Crippen molar-refractivity contribution in [3.05, 3.63) is 89.0 Å².